The van der Waals surface area contributed by atoms with Gasteiger partial charge in [0.15, 0.2) is 0 Å². The van der Waals surface area contributed by atoms with Gasteiger partial charge in [-0.3, -0.25) is 4.79 Å². The molecule has 1 saturated heterocycles. The monoisotopic (exact) mass is 427 g/mol. The van der Waals surface area contributed by atoms with Crippen molar-refractivity contribution in [1.82, 2.24) is 4.90 Å². The molecular weight excluding hydrogens is 406 g/mol. The zero-order valence-corrected chi connectivity index (χ0v) is 16.4. The highest BCUT2D eigenvalue weighted by Gasteiger charge is 2.36. The van der Waals surface area contributed by atoms with Crippen molar-refractivity contribution in [2.24, 2.45) is 5.92 Å². The Morgan fingerprint density at radius 1 is 1.22 bits per heavy atom. The highest BCUT2D eigenvalue weighted by atomic mass is 33.1. The standard InChI is InChI=1S/C13H21N3O9S2/c1-9(12(17)14-5-3-4-11(14)13(18)23-2)8-26-27-10(6-24-15(19)20)7-25-16(21)22/h9-11H,3-8H2,1-2H3. The first-order valence-electron chi connectivity index (χ1n) is 7.97. The molecular formula is C13H21N3O9S2. The Hall–Kier alpha value is -1.96. The van der Waals surface area contributed by atoms with Gasteiger partial charge in [-0.2, -0.15) is 0 Å². The second-order valence-corrected chi connectivity index (χ2v) is 8.37. The van der Waals surface area contributed by atoms with Crippen molar-refractivity contribution in [1.29, 1.82) is 0 Å². The van der Waals surface area contributed by atoms with Gasteiger partial charge in [-0.25, -0.2) is 4.79 Å². The van der Waals surface area contributed by atoms with Gasteiger partial charge in [0, 0.05) is 18.2 Å². The van der Waals surface area contributed by atoms with Crippen LogP contribution >= 0.6 is 21.6 Å². The Morgan fingerprint density at radius 2 is 1.81 bits per heavy atom. The molecule has 2 unspecified atom stereocenters. The van der Waals surface area contributed by atoms with Crippen molar-refractivity contribution in [2.75, 3.05) is 32.6 Å². The summed E-state index contributed by atoms with van der Waals surface area (Å²) < 4.78 is 4.72. The average molecular weight is 427 g/mol. The molecule has 0 aromatic rings. The van der Waals surface area contributed by atoms with Gasteiger partial charge in [0.1, 0.15) is 19.3 Å². The Morgan fingerprint density at radius 3 is 2.33 bits per heavy atom. The molecule has 1 fully saturated rings. The number of amides is 1. The molecule has 1 amide bonds. The maximum Gasteiger partial charge on any atom is 0.328 e. The van der Waals surface area contributed by atoms with Gasteiger partial charge in [-0.05, 0) is 12.8 Å². The smallest absolute Gasteiger partial charge is 0.328 e. The van der Waals surface area contributed by atoms with E-state index in [9.17, 15) is 29.8 Å². The summed E-state index contributed by atoms with van der Waals surface area (Å²) in [5.41, 5.74) is 0. The molecule has 0 aliphatic carbocycles. The molecule has 0 aromatic carbocycles. The van der Waals surface area contributed by atoms with E-state index in [4.69, 9.17) is 4.74 Å². The molecule has 0 saturated carbocycles. The van der Waals surface area contributed by atoms with E-state index in [2.05, 4.69) is 9.68 Å². The van der Waals surface area contributed by atoms with Gasteiger partial charge in [0.25, 0.3) is 10.2 Å². The topological polar surface area (TPSA) is 151 Å². The van der Waals surface area contributed by atoms with Gasteiger partial charge < -0.3 is 19.3 Å². The minimum absolute atomic E-state index is 0.185. The first-order valence-corrected chi connectivity index (χ1v) is 10.4. The van der Waals surface area contributed by atoms with Crippen LogP contribution in [0.25, 0.3) is 0 Å². The lowest BCUT2D eigenvalue weighted by Crippen LogP contribution is -2.43. The van der Waals surface area contributed by atoms with Crippen LogP contribution < -0.4 is 0 Å². The molecule has 1 rings (SSSR count). The van der Waals surface area contributed by atoms with E-state index < -0.39 is 33.4 Å². The zero-order valence-electron chi connectivity index (χ0n) is 14.8. The molecule has 1 aliphatic rings. The summed E-state index contributed by atoms with van der Waals surface area (Å²) in [5, 5.41) is 17.9. The van der Waals surface area contributed by atoms with Gasteiger partial charge in [0.2, 0.25) is 5.91 Å². The lowest BCUT2D eigenvalue weighted by atomic mass is 10.1. The molecule has 14 heteroatoms. The zero-order chi connectivity index (χ0) is 20.4. The lowest BCUT2D eigenvalue weighted by molar-refractivity contribution is -0.765. The third kappa shape index (κ3) is 8.07. The Balaban J connectivity index is 2.48. The number of hydrogen-bond acceptors (Lipinski definition) is 11. The minimum Gasteiger partial charge on any atom is -0.467 e. The normalized spacial score (nSPS) is 17.4. The number of likely N-dealkylation sites (tertiary alicyclic amines) is 1. The van der Waals surface area contributed by atoms with Crippen molar-refractivity contribution in [2.45, 2.75) is 31.1 Å². The molecule has 0 N–H and O–H groups in total. The van der Waals surface area contributed by atoms with Crippen molar-refractivity contribution < 1.29 is 34.2 Å². The lowest BCUT2D eigenvalue weighted by Gasteiger charge is -2.25. The van der Waals surface area contributed by atoms with Crippen molar-refractivity contribution in [3.05, 3.63) is 20.2 Å². The molecule has 1 heterocycles. The Bertz CT molecular complexity index is 533. The number of carbonyl (C=O) groups is 2. The number of rotatable bonds is 12. The molecule has 0 spiro atoms. The van der Waals surface area contributed by atoms with E-state index in [1.165, 1.54) is 22.8 Å². The molecule has 0 bridgehead atoms. The van der Waals surface area contributed by atoms with E-state index in [-0.39, 0.29) is 19.1 Å². The molecule has 1 aliphatic heterocycles. The maximum absolute atomic E-state index is 12.5. The largest absolute Gasteiger partial charge is 0.467 e. The minimum atomic E-state index is -0.989. The van der Waals surface area contributed by atoms with Crippen LogP contribution in [0.4, 0.5) is 0 Å². The van der Waals surface area contributed by atoms with Crippen LogP contribution in [0.1, 0.15) is 19.8 Å². The van der Waals surface area contributed by atoms with Crippen LogP contribution in [0.2, 0.25) is 0 Å². The maximum atomic E-state index is 12.5. The summed E-state index contributed by atoms with van der Waals surface area (Å²) in [6.45, 7) is 1.43. The number of ether oxygens (including phenoxy) is 1. The summed E-state index contributed by atoms with van der Waals surface area (Å²) in [6, 6.07) is -0.572. The van der Waals surface area contributed by atoms with Crippen LogP contribution in [-0.4, -0.2) is 70.9 Å². The van der Waals surface area contributed by atoms with Gasteiger partial charge in [0.05, 0.1) is 12.4 Å². The van der Waals surface area contributed by atoms with Crippen LogP contribution in [-0.2, 0) is 24.0 Å². The fourth-order valence-corrected chi connectivity index (χ4v) is 5.00. The van der Waals surface area contributed by atoms with E-state index in [0.717, 1.165) is 17.2 Å². The summed E-state index contributed by atoms with van der Waals surface area (Å²) in [4.78, 5) is 54.8. The van der Waals surface area contributed by atoms with Crippen LogP contribution in [0.3, 0.4) is 0 Å². The second kappa shape index (κ2) is 11.7. The van der Waals surface area contributed by atoms with Gasteiger partial charge in [-0.15, -0.1) is 20.2 Å². The van der Waals surface area contributed by atoms with E-state index in [1.807, 2.05) is 0 Å². The third-order valence-electron chi connectivity index (χ3n) is 3.68. The fraction of sp³-hybridized carbons (Fsp3) is 0.846. The Kier molecular flexibility index (Phi) is 9.99. The molecule has 27 heavy (non-hydrogen) atoms. The average Bonchev–Trinajstić information content (AvgIpc) is 3.11. The van der Waals surface area contributed by atoms with Crippen LogP contribution in [0, 0.1) is 26.1 Å². The molecule has 0 aromatic heterocycles. The number of hydrogen-bond donors (Lipinski definition) is 0. The van der Waals surface area contributed by atoms with Crippen molar-refractivity contribution in [3.8, 4) is 0 Å². The van der Waals surface area contributed by atoms with Crippen LogP contribution in [0.15, 0.2) is 0 Å². The fourth-order valence-electron chi connectivity index (χ4n) is 2.40. The number of methoxy groups -OCH3 is 1. The first-order chi connectivity index (χ1) is 12.8. The molecule has 0 radical (unpaired) electrons. The van der Waals surface area contributed by atoms with Crippen molar-refractivity contribution >= 4 is 33.5 Å². The number of carbonyl (C=O) groups excluding carboxylic acids is 2. The number of nitrogens with zero attached hydrogens (tertiary/aromatic N) is 3. The second-order valence-electron chi connectivity index (χ2n) is 5.66. The number of esters is 1. The summed E-state index contributed by atoms with van der Waals surface area (Å²) in [6.07, 6.45) is 1.28. The van der Waals surface area contributed by atoms with Gasteiger partial charge >= 0.3 is 5.97 Å². The quantitative estimate of drug-likeness (QED) is 0.189. The first kappa shape index (κ1) is 23.1. The third-order valence-corrected chi connectivity index (χ3v) is 6.63. The summed E-state index contributed by atoms with van der Waals surface area (Å²) >= 11 is 0. The molecule has 154 valence electrons. The summed E-state index contributed by atoms with van der Waals surface area (Å²) in [7, 11) is 3.60. The van der Waals surface area contributed by atoms with E-state index in [1.54, 1.807) is 6.92 Å². The predicted octanol–water partition coefficient (Wildman–Crippen LogP) is 0.953. The Labute approximate surface area is 162 Å². The summed E-state index contributed by atoms with van der Waals surface area (Å²) in [5.74, 6) is -0.692. The molecule has 2 atom stereocenters. The highest BCUT2D eigenvalue weighted by Crippen LogP contribution is 2.31. The van der Waals surface area contributed by atoms with E-state index >= 15 is 0 Å². The highest BCUT2D eigenvalue weighted by molar-refractivity contribution is 8.77. The van der Waals surface area contributed by atoms with Crippen molar-refractivity contribution in [3.63, 3.8) is 0 Å². The SMILES string of the molecule is COC(=O)C1CCCN1C(=O)C(C)CSSC(CO[N+](=O)[O-])CO[N+](=O)[O-]. The van der Waals surface area contributed by atoms with Gasteiger partial charge in [-0.1, -0.05) is 28.5 Å². The van der Waals surface area contributed by atoms with E-state index in [0.29, 0.717) is 18.7 Å². The predicted molar refractivity (Wildman–Crippen MR) is 95.6 cm³/mol. The van der Waals surface area contributed by atoms with Crippen LogP contribution in [0.5, 0.6) is 0 Å². The molecule has 12 nitrogen and oxygen atoms in total.